The van der Waals surface area contributed by atoms with Crippen molar-refractivity contribution in [3.05, 3.63) is 0 Å². The van der Waals surface area contributed by atoms with Crippen molar-refractivity contribution in [1.29, 1.82) is 0 Å². The summed E-state index contributed by atoms with van der Waals surface area (Å²) in [7, 11) is 0. The van der Waals surface area contributed by atoms with E-state index in [1.54, 1.807) is 0 Å². The first-order valence-electron chi connectivity index (χ1n) is 7.33. The molecule has 0 saturated heterocycles. The van der Waals surface area contributed by atoms with Crippen molar-refractivity contribution in [3.8, 4) is 0 Å². The van der Waals surface area contributed by atoms with Crippen LogP contribution in [-0.2, 0) is 9.59 Å². The SMILES string of the molecule is CC(C)CC(CNC(=O)NCCCCC(N)=O)CC(=O)O. The summed E-state index contributed by atoms with van der Waals surface area (Å²) in [5.41, 5.74) is 5.01. The Morgan fingerprint density at radius 1 is 1.14 bits per heavy atom. The van der Waals surface area contributed by atoms with Gasteiger partial charge in [0.05, 0.1) is 0 Å². The van der Waals surface area contributed by atoms with E-state index in [4.69, 9.17) is 10.8 Å². The minimum atomic E-state index is -0.852. The summed E-state index contributed by atoms with van der Waals surface area (Å²) < 4.78 is 0. The summed E-state index contributed by atoms with van der Waals surface area (Å²) in [6, 6.07) is -0.312. The van der Waals surface area contributed by atoms with Gasteiger partial charge in [-0.1, -0.05) is 13.8 Å². The van der Waals surface area contributed by atoms with Crippen LogP contribution in [0.4, 0.5) is 4.79 Å². The highest BCUT2D eigenvalue weighted by molar-refractivity contribution is 5.74. The molecule has 0 saturated carbocycles. The van der Waals surface area contributed by atoms with Crippen LogP contribution in [0, 0.1) is 11.8 Å². The Morgan fingerprint density at radius 2 is 1.81 bits per heavy atom. The average molecular weight is 301 g/mol. The Bertz CT molecular complexity index is 345. The minimum absolute atomic E-state index is 0.0527. The van der Waals surface area contributed by atoms with E-state index in [1.807, 2.05) is 13.8 Å². The molecule has 21 heavy (non-hydrogen) atoms. The zero-order valence-electron chi connectivity index (χ0n) is 12.9. The molecule has 0 aliphatic heterocycles. The second-order valence-electron chi connectivity index (χ2n) is 5.65. The van der Waals surface area contributed by atoms with Crippen molar-refractivity contribution in [1.82, 2.24) is 10.6 Å². The van der Waals surface area contributed by atoms with E-state index in [0.717, 1.165) is 6.42 Å². The molecular formula is C14H27N3O4. The molecule has 7 heteroatoms. The molecule has 0 radical (unpaired) electrons. The highest BCUT2D eigenvalue weighted by Gasteiger charge is 2.15. The number of carboxylic acid groups (broad SMARTS) is 1. The molecule has 0 aromatic rings. The molecule has 7 nitrogen and oxygen atoms in total. The molecule has 0 aromatic heterocycles. The molecule has 0 spiro atoms. The molecule has 0 aliphatic rings. The number of urea groups is 1. The first-order valence-corrected chi connectivity index (χ1v) is 7.33. The molecule has 5 N–H and O–H groups in total. The molecule has 3 amide bonds. The van der Waals surface area contributed by atoms with Gasteiger partial charge in [0.1, 0.15) is 0 Å². The van der Waals surface area contributed by atoms with Crippen LogP contribution in [0.25, 0.3) is 0 Å². The lowest BCUT2D eigenvalue weighted by molar-refractivity contribution is -0.138. The van der Waals surface area contributed by atoms with Crippen molar-refractivity contribution in [2.75, 3.05) is 13.1 Å². The predicted molar refractivity (Wildman–Crippen MR) is 79.6 cm³/mol. The number of unbranched alkanes of at least 4 members (excludes halogenated alkanes) is 1. The lowest BCUT2D eigenvalue weighted by Gasteiger charge is -2.18. The Labute approximate surface area is 125 Å². The number of rotatable bonds is 11. The van der Waals surface area contributed by atoms with E-state index in [1.165, 1.54) is 0 Å². The van der Waals surface area contributed by atoms with Crippen LogP contribution >= 0.6 is 0 Å². The topological polar surface area (TPSA) is 122 Å². The number of primary amides is 1. The van der Waals surface area contributed by atoms with Crippen molar-refractivity contribution >= 4 is 17.9 Å². The van der Waals surface area contributed by atoms with Gasteiger partial charge in [0, 0.05) is 25.9 Å². The van der Waals surface area contributed by atoms with Gasteiger partial charge in [-0.05, 0) is 31.1 Å². The van der Waals surface area contributed by atoms with Crippen LogP contribution in [0.2, 0.25) is 0 Å². The Kier molecular flexibility index (Phi) is 10.0. The van der Waals surface area contributed by atoms with Crippen LogP contribution in [0.3, 0.4) is 0 Å². The van der Waals surface area contributed by atoms with Crippen molar-refractivity contribution in [2.24, 2.45) is 17.6 Å². The Balaban J connectivity index is 3.85. The van der Waals surface area contributed by atoms with Crippen LogP contribution in [0.15, 0.2) is 0 Å². The summed E-state index contributed by atoms with van der Waals surface area (Å²) >= 11 is 0. The molecule has 0 heterocycles. The number of hydrogen-bond donors (Lipinski definition) is 4. The first-order chi connectivity index (χ1) is 9.81. The second kappa shape index (κ2) is 10.9. The van der Waals surface area contributed by atoms with Gasteiger partial charge in [-0.25, -0.2) is 4.79 Å². The third-order valence-corrected chi connectivity index (χ3v) is 2.95. The number of hydrogen-bond acceptors (Lipinski definition) is 3. The summed E-state index contributed by atoms with van der Waals surface area (Å²) in [5, 5.41) is 14.2. The third kappa shape index (κ3) is 13.0. The van der Waals surface area contributed by atoms with Gasteiger partial charge in [-0.3, -0.25) is 9.59 Å². The molecular weight excluding hydrogens is 274 g/mol. The van der Waals surface area contributed by atoms with Crippen LogP contribution in [0.5, 0.6) is 0 Å². The number of carbonyl (C=O) groups excluding carboxylic acids is 2. The molecule has 1 unspecified atom stereocenters. The highest BCUT2D eigenvalue weighted by Crippen LogP contribution is 2.14. The van der Waals surface area contributed by atoms with Crippen LogP contribution < -0.4 is 16.4 Å². The van der Waals surface area contributed by atoms with E-state index in [9.17, 15) is 14.4 Å². The minimum Gasteiger partial charge on any atom is -0.481 e. The van der Waals surface area contributed by atoms with E-state index in [2.05, 4.69) is 10.6 Å². The number of nitrogens with two attached hydrogens (primary N) is 1. The van der Waals surface area contributed by atoms with Gasteiger partial charge in [0.25, 0.3) is 0 Å². The monoisotopic (exact) mass is 301 g/mol. The number of amides is 3. The lowest BCUT2D eigenvalue weighted by atomic mass is 9.94. The molecule has 0 rings (SSSR count). The molecule has 1 atom stereocenters. The van der Waals surface area contributed by atoms with Gasteiger partial charge in [-0.2, -0.15) is 0 Å². The quantitative estimate of drug-likeness (QED) is 0.426. The maximum Gasteiger partial charge on any atom is 0.314 e. The second-order valence-corrected chi connectivity index (χ2v) is 5.65. The number of carbonyl (C=O) groups is 3. The summed E-state index contributed by atoms with van der Waals surface area (Å²) in [6.45, 7) is 4.85. The fraction of sp³-hybridized carbons (Fsp3) is 0.786. The van der Waals surface area contributed by atoms with E-state index >= 15 is 0 Å². The van der Waals surface area contributed by atoms with Gasteiger partial charge < -0.3 is 21.5 Å². The van der Waals surface area contributed by atoms with Gasteiger partial charge >= 0.3 is 12.0 Å². The van der Waals surface area contributed by atoms with Gasteiger partial charge in [0.2, 0.25) is 5.91 Å². The largest absolute Gasteiger partial charge is 0.481 e. The molecule has 0 aromatic carbocycles. The normalized spacial score (nSPS) is 12.0. The maximum absolute atomic E-state index is 11.6. The van der Waals surface area contributed by atoms with E-state index < -0.39 is 5.97 Å². The average Bonchev–Trinajstić information content (AvgIpc) is 2.33. The smallest absolute Gasteiger partial charge is 0.314 e. The zero-order valence-corrected chi connectivity index (χ0v) is 12.9. The number of carboxylic acids is 1. The molecule has 0 aliphatic carbocycles. The Hall–Kier alpha value is -1.79. The third-order valence-electron chi connectivity index (χ3n) is 2.95. The lowest BCUT2D eigenvalue weighted by Crippen LogP contribution is -2.39. The van der Waals surface area contributed by atoms with Crippen LogP contribution in [0.1, 0.15) is 46.0 Å². The van der Waals surface area contributed by atoms with E-state index in [0.29, 0.717) is 38.3 Å². The molecule has 122 valence electrons. The number of nitrogens with one attached hydrogen (secondary N) is 2. The Morgan fingerprint density at radius 3 is 2.33 bits per heavy atom. The van der Waals surface area contributed by atoms with Crippen molar-refractivity contribution in [3.63, 3.8) is 0 Å². The maximum atomic E-state index is 11.6. The summed E-state index contributed by atoms with van der Waals surface area (Å²) in [5.74, 6) is -0.880. The van der Waals surface area contributed by atoms with Crippen LogP contribution in [-0.4, -0.2) is 36.1 Å². The van der Waals surface area contributed by atoms with Crippen molar-refractivity contribution < 1.29 is 19.5 Å². The molecule has 0 bridgehead atoms. The fourth-order valence-corrected chi connectivity index (χ4v) is 2.08. The van der Waals surface area contributed by atoms with Gasteiger partial charge in [0.15, 0.2) is 0 Å². The zero-order chi connectivity index (χ0) is 16.3. The predicted octanol–water partition coefficient (Wildman–Crippen LogP) is 1.08. The first kappa shape index (κ1) is 19.2. The van der Waals surface area contributed by atoms with Crippen molar-refractivity contribution in [2.45, 2.75) is 46.0 Å². The summed E-state index contributed by atoms with van der Waals surface area (Å²) in [6.07, 6.45) is 2.45. The standard InChI is InChI=1S/C14H27N3O4/c1-10(2)7-11(8-13(19)20)9-17-14(21)16-6-4-3-5-12(15)18/h10-11H,3-9H2,1-2H3,(H2,15,18)(H,19,20)(H2,16,17,21). The fourth-order valence-electron chi connectivity index (χ4n) is 2.08. The number of aliphatic carboxylic acids is 1. The van der Waals surface area contributed by atoms with E-state index in [-0.39, 0.29) is 24.3 Å². The highest BCUT2D eigenvalue weighted by atomic mass is 16.4. The van der Waals surface area contributed by atoms with Gasteiger partial charge in [-0.15, -0.1) is 0 Å². The summed E-state index contributed by atoms with van der Waals surface area (Å²) in [4.78, 5) is 32.8. The molecule has 0 fully saturated rings.